The van der Waals surface area contributed by atoms with Crippen LogP contribution in [-0.4, -0.2) is 31.2 Å². The van der Waals surface area contributed by atoms with Crippen LogP contribution in [0, 0.1) is 0 Å². The molecule has 0 aromatic heterocycles. The number of nitrogens with one attached hydrogen (secondary N) is 1. The lowest BCUT2D eigenvalue weighted by Crippen LogP contribution is -2.34. The van der Waals surface area contributed by atoms with E-state index < -0.39 is 0 Å². The summed E-state index contributed by atoms with van der Waals surface area (Å²) in [5.74, 6) is 1.55. The number of ether oxygens (including phenoxy) is 2. The van der Waals surface area contributed by atoms with E-state index in [4.69, 9.17) is 9.47 Å². The van der Waals surface area contributed by atoms with Gasteiger partial charge in [0, 0.05) is 13.1 Å². The Morgan fingerprint density at radius 3 is 2.70 bits per heavy atom. The standard InChI is InChI=1S/C18H20N2O3/c1-20(11-15-7-8-16-17(9-15)23-13-22-16)12-18(21)19-10-14-5-3-2-4-6-14/h2-9H,10-13H2,1H3,(H,19,21). The van der Waals surface area contributed by atoms with E-state index in [-0.39, 0.29) is 12.7 Å². The van der Waals surface area contributed by atoms with Crippen molar-refractivity contribution >= 4 is 5.91 Å². The van der Waals surface area contributed by atoms with E-state index in [9.17, 15) is 4.79 Å². The molecule has 1 aliphatic heterocycles. The summed E-state index contributed by atoms with van der Waals surface area (Å²) in [6.45, 7) is 1.85. The highest BCUT2D eigenvalue weighted by Crippen LogP contribution is 2.32. The molecule has 0 saturated carbocycles. The number of hydrogen-bond donors (Lipinski definition) is 1. The van der Waals surface area contributed by atoms with Gasteiger partial charge in [-0.05, 0) is 30.3 Å². The molecule has 0 fully saturated rings. The molecule has 3 rings (SSSR count). The number of rotatable bonds is 6. The lowest BCUT2D eigenvalue weighted by atomic mass is 10.2. The van der Waals surface area contributed by atoms with Crippen LogP contribution in [0.3, 0.4) is 0 Å². The summed E-state index contributed by atoms with van der Waals surface area (Å²) in [7, 11) is 1.92. The average Bonchev–Trinajstić information content (AvgIpc) is 3.01. The minimum atomic E-state index is 0.0112. The maximum Gasteiger partial charge on any atom is 0.234 e. The third-order valence-corrected chi connectivity index (χ3v) is 3.64. The first kappa shape index (κ1) is 15.4. The average molecular weight is 312 g/mol. The number of amides is 1. The molecule has 0 saturated heterocycles. The molecule has 1 aliphatic rings. The molecular formula is C18H20N2O3. The fourth-order valence-corrected chi connectivity index (χ4v) is 2.50. The first-order chi connectivity index (χ1) is 11.2. The van der Waals surface area contributed by atoms with E-state index in [1.807, 2.05) is 60.5 Å². The molecule has 2 aromatic carbocycles. The predicted molar refractivity (Wildman–Crippen MR) is 87.2 cm³/mol. The van der Waals surface area contributed by atoms with Crippen LogP contribution < -0.4 is 14.8 Å². The summed E-state index contributed by atoms with van der Waals surface area (Å²) in [5, 5.41) is 2.93. The molecule has 120 valence electrons. The zero-order chi connectivity index (χ0) is 16.1. The Morgan fingerprint density at radius 1 is 1.09 bits per heavy atom. The Balaban J connectivity index is 1.47. The zero-order valence-electron chi connectivity index (χ0n) is 13.1. The molecule has 1 heterocycles. The number of carbonyl (C=O) groups excluding carboxylic acids is 1. The molecule has 5 heteroatoms. The first-order valence-electron chi connectivity index (χ1n) is 7.58. The molecule has 1 N–H and O–H groups in total. The van der Waals surface area contributed by atoms with Gasteiger partial charge in [-0.2, -0.15) is 0 Å². The van der Waals surface area contributed by atoms with Crippen LogP contribution in [0.1, 0.15) is 11.1 Å². The van der Waals surface area contributed by atoms with Gasteiger partial charge in [-0.15, -0.1) is 0 Å². The third kappa shape index (κ3) is 4.23. The second-order valence-electron chi connectivity index (χ2n) is 5.62. The van der Waals surface area contributed by atoms with Gasteiger partial charge in [0.15, 0.2) is 11.5 Å². The summed E-state index contributed by atoms with van der Waals surface area (Å²) in [5.41, 5.74) is 2.19. The van der Waals surface area contributed by atoms with Crippen LogP contribution in [-0.2, 0) is 17.9 Å². The normalized spacial score (nSPS) is 12.4. The third-order valence-electron chi connectivity index (χ3n) is 3.64. The molecule has 1 amide bonds. The maximum absolute atomic E-state index is 12.0. The fourth-order valence-electron chi connectivity index (χ4n) is 2.50. The summed E-state index contributed by atoms with van der Waals surface area (Å²) in [6, 6.07) is 15.7. The van der Waals surface area contributed by atoms with Crippen molar-refractivity contribution in [2.24, 2.45) is 0 Å². The summed E-state index contributed by atoms with van der Waals surface area (Å²) >= 11 is 0. The minimum Gasteiger partial charge on any atom is -0.454 e. The highest BCUT2D eigenvalue weighted by Gasteiger charge is 2.14. The lowest BCUT2D eigenvalue weighted by molar-refractivity contribution is -0.122. The van der Waals surface area contributed by atoms with Gasteiger partial charge in [0.1, 0.15) is 0 Å². The number of likely N-dealkylation sites (N-methyl/N-ethyl adjacent to an activating group) is 1. The highest BCUT2D eigenvalue weighted by molar-refractivity contribution is 5.77. The van der Waals surface area contributed by atoms with Gasteiger partial charge in [-0.1, -0.05) is 36.4 Å². The molecule has 23 heavy (non-hydrogen) atoms. The van der Waals surface area contributed by atoms with Gasteiger partial charge in [0.05, 0.1) is 6.54 Å². The Kier molecular flexibility index (Phi) is 4.78. The van der Waals surface area contributed by atoms with Gasteiger partial charge in [0.2, 0.25) is 12.7 Å². The van der Waals surface area contributed by atoms with E-state index in [1.54, 1.807) is 0 Å². The van der Waals surface area contributed by atoms with Gasteiger partial charge >= 0.3 is 0 Å². The molecule has 0 unspecified atom stereocenters. The quantitative estimate of drug-likeness (QED) is 0.888. The molecule has 0 spiro atoms. The summed E-state index contributed by atoms with van der Waals surface area (Å²) in [6.07, 6.45) is 0. The van der Waals surface area contributed by atoms with Crippen LogP contribution in [0.2, 0.25) is 0 Å². The molecule has 5 nitrogen and oxygen atoms in total. The smallest absolute Gasteiger partial charge is 0.234 e. The van der Waals surface area contributed by atoms with Crippen molar-refractivity contribution in [3.63, 3.8) is 0 Å². The number of benzene rings is 2. The molecular weight excluding hydrogens is 292 g/mol. The predicted octanol–water partition coefficient (Wildman–Crippen LogP) is 2.16. The fraction of sp³-hybridized carbons (Fsp3) is 0.278. The topological polar surface area (TPSA) is 50.8 Å². The van der Waals surface area contributed by atoms with E-state index in [1.165, 1.54) is 0 Å². The molecule has 0 aliphatic carbocycles. The van der Waals surface area contributed by atoms with Gasteiger partial charge < -0.3 is 14.8 Å². The Labute approximate surface area is 135 Å². The van der Waals surface area contributed by atoms with E-state index in [2.05, 4.69) is 5.32 Å². The van der Waals surface area contributed by atoms with Crippen molar-refractivity contribution in [2.45, 2.75) is 13.1 Å². The second-order valence-corrected chi connectivity index (χ2v) is 5.62. The van der Waals surface area contributed by atoms with Crippen molar-refractivity contribution in [3.8, 4) is 11.5 Å². The SMILES string of the molecule is CN(CC(=O)NCc1ccccc1)Cc1ccc2c(c1)OCO2. The monoisotopic (exact) mass is 312 g/mol. The Morgan fingerprint density at radius 2 is 1.87 bits per heavy atom. The molecule has 0 radical (unpaired) electrons. The number of carbonyl (C=O) groups is 1. The van der Waals surface area contributed by atoms with Crippen LogP contribution in [0.15, 0.2) is 48.5 Å². The summed E-state index contributed by atoms with van der Waals surface area (Å²) < 4.78 is 10.7. The van der Waals surface area contributed by atoms with Crippen LogP contribution in [0.5, 0.6) is 11.5 Å². The number of nitrogens with zero attached hydrogens (tertiary/aromatic N) is 1. The van der Waals surface area contributed by atoms with Crippen LogP contribution in [0.25, 0.3) is 0 Å². The number of fused-ring (bicyclic) bond motifs is 1. The van der Waals surface area contributed by atoms with E-state index in [0.717, 1.165) is 22.6 Å². The van der Waals surface area contributed by atoms with Crippen LogP contribution in [0.4, 0.5) is 0 Å². The van der Waals surface area contributed by atoms with Crippen molar-refractivity contribution in [1.29, 1.82) is 0 Å². The minimum absolute atomic E-state index is 0.0112. The van der Waals surface area contributed by atoms with Crippen molar-refractivity contribution in [2.75, 3.05) is 20.4 Å². The molecule has 2 aromatic rings. The maximum atomic E-state index is 12.0. The second kappa shape index (κ2) is 7.15. The highest BCUT2D eigenvalue weighted by atomic mass is 16.7. The van der Waals surface area contributed by atoms with Crippen LogP contribution >= 0.6 is 0 Å². The first-order valence-corrected chi connectivity index (χ1v) is 7.58. The molecule has 0 bridgehead atoms. The van der Waals surface area contributed by atoms with Crippen molar-refractivity contribution in [1.82, 2.24) is 10.2 Å². The zero-order valence-corrected chi connectivity index (χ0v) is 13.1. The van der Waals surface area contributed by atoms with Gasteiger partial charge in [0.25, 0.3) is 0 Å². The largest absolute Gasteiger partial charge is 0.454 e. The van der Waals surface area contributed by atoms with Gasteiger partial charge in [-0.3, -0.25) is 9.69 Å². The lowest BCUT2D eigenvalue weighted by Gasteiger charge is -2.16. The Hall–Kier alpha value is -2.53. The van der Waals surface area contributed by atoms with E-state index in [0.29, 0.717) is 19.6 Å². The van der Waals surface area contributed by atoms with Gasteiger partial charge in [-0.25, -0.2) is 0 Å². The van der Waals surface area contributed by atoms with E-state index >= 15 is 0 Å². The van der Waals surface area contributed by atoms with Crippen molar-refractivity contribution in [3.05, 3.63) is 59.7 Å². The Bertz CT molecular complexity index is 673. The molecule has 0 atom stereocenters. The van der Waals surface area contributed by atoms with Crippen molar-refractivity contribution < 1.29 is 14.3 Å². The number of hydrogen-bond acceptors (Lipinski definition) is 4. The summed E-state index contributed by atoms with van der Waals surface area (Å²) in [4.78, 5) is 14.0.